The molecule has 0 radical (unpaired) electrons. The SMILES string of the molecule is COc1cccc(-c2sc(C(=O)N3CCOCC3)c(O)c2Cl)c1. The molecule has 1 amide bonds. The van der Waals surface area contributed by atoms with Crippen molar-refractivity contribution in [2.24, 2.45) is 0 Å². The molecule has 0 saturated carbocycles. The molecule has 2 heterocycles. The Balaban J connectivity index is 1.96. The van der Waals surface area contributed by atoms with Gasteiger partial charge in [-0.1, -0.05) is 23.7 Å². The van der Waals surface area contributed by atoms with Crippen LogP contribution in [0, 0.1) is 0 Å². The van der Waals surface area contributed by atoms with Crippen LogP contribution in [0.4, 0.5) is 0 Å². The van der Waals surface area contributed by atoms with Gasteiger partial charge < -0.3 is 19.5 Å². The molecule has 1 fully saturated rings. The lowest BCUT2D eigenvalue weighted by atomic mass is 10.2. The molecule has 7 heteroatoms. The van der Waals surface area contributed by atoms with Crippen LogP contribution in [0.3, 0.4) is 0 Å². The number of amides is 1. The van der Waals surface area contributed by atoms with E-state index >= 15 is 0 Å². The van der Waals surface area contributed by atoms with E-state index in [1.807, 2.05) is 24.3 Å². The molecule has 0 spiro atoms. The average molecular weight is 354 g/mol. The van der Waals surface area contributed by atoms with Gasteiger partial charge >= 0.3 is 0 Å². The number of ether oxygens (including phenoxy) is 2. The first-order chi connectivity index (χ1) is 11.1. The largest absolute Gasteiger partial charge is 0.505 e. The molecule has 1 aliphatic rings. The van der Waals surface area contributed by atoms with Crippen molar-refractivity contribution in [3.05, 3.63) is 34.2 Å². The van der Waals surface area contributed by atoms with Crippen molar-refractivity contribution >= 4 is 28.8 Å². The summed E-state index contributed by atoms with van der Waals surface area (Å²) < 4.78 is 10.5. The highest BCUT2D eigenvalue weighted by Crippen LogP contribution is 2.45. The van der Waals surface area contributed by atoms with Gasteiger partial charge in [-0.15, -0.1) is 11.3 Å². The van der Waals surface area contributed by atoms with E-state index in [2.05, 4.69) is 0 Å². The Morgan fingerprint density at radius 3 is 2.83 bits per heavy atom. The van der Waals surface area contributed by atoms with Crippen molar-refractivity contribution in [1.82, 2.24) is 4.90 Å². The second-order valence-electron chi connectivity index (χ2n) is 5.06. The van der Waals surface area contributed by atoms with E-state index in [4.69, 9.17) is 21.1 Å². The van der Waals surface area contributed by atoms with Gasteiger partial charge in [-0.25, -0.2) is 0 Å². The molecule has 0 atom stereocenters. The van der Waals surface area contributed by atoms with Crippen LogP contribution >= 0.6 is 22.9 Å². The zero-order chi connectivity index (χ0) is 16.4. The Bertz CT molecular complexity index is 725. The highest BCUT2D eigenvalue weighted by Gasteiger charge is 2.27. The van der Waals surface area contributed by atoms with E-state index in [-0.39, 0.29) is 21.6 Å². The second kappa shape index (κ2) is 6.78. The number of nitrogens with zero attached hydrogens (tertiary/aromatic N) is 1. The van der Waals surface area contributed by atoms with Crippen molar-refractivity contribution < 1.29 is 19.4 Å². The molecule has 1 aromatic heterocycles. The number of thiophene rings is 1. The molecule has 1 saturated heterocycles. The van der Waals surface area contributed by atoms with Gasteiger partial charge in [0.25, 0.3) is 5.91 Å². The number of benzene rings is 1. The maximum Gasteiger partial charge on any atom is 0.267 e. The summed E-state index contributed by atoms with van der Waals surface area (Å²) in [7, 11) is 1.58. The van der Waals surface area contributed by atoms with Crippen molar-refractivity contribution in [1.29, 1.82) is 0 Å². The number of halogens is 1. The van der Waals surface area contributed by atoms with Crippen LogP contribution in [-0.4, -0.2) is 49.3 Å². The fourth-order valence-electron chi connectivity index (χ4n) is 2.41. The lowest BCUT2D eigenvalue weighted by molar-refractivity contribution is 0.0304. The number of rotatable bonds is 3. The fraction of sp³-hybridized carbons (Fsp3) is 0.312. The number of carbonyl (C=O) groups is 1. The summed E-state index contributed by atoms with van der Waals surface area (Å²) in [4.78, 5) is 15.2. The number of methoxy groups -OCH3 is 1. The minimum Gasteiger partial charge on any atom is -0.505 e. The molecule has 1 N–H and O–H groups in total. The van der Waals surface area contributed by atoms with Gasteiger partial charge in [0.05, 0.1) is 25.2 Å². The molecular weight excluding hydrogens is 338 g/mol. The first kappa shape index (κ1) is 16.1. The van der Waals surface area contributed by atoms with Crippen LogP contribution in [0.15, 0.2) is 24.3 Å². The van der Waals surface area contributed by atoms with E-state index in [1.54, 1.807) is 12.0 Å². The Morgan fingerprint density at radius 2 is 2.13 bits per heavy atom. The number of aromatic hydroxyl groups is 1. The molecule has 5 nitrogen and oxygen atoms in total. The maximum atomic E-state index is 12.6. The molecule has 122 valence electrons. The third-order valence-electron chi connectivity index (χ3n) is 3.65. The fourth-order valence-corrected chi connectivity index (χ4v) is 3.83. The summed E-state index contributed by atoms with van der Waals surface area (Å²) >= 11 is 7.44. The van der Waals surface area contributed by atoms with Crippen LogP contribution in [0.1, 0.15) is 9.67 Å². The van der Waals surface area contributed by atoms with Gasteiger partial charge in [-0.2, -0.15) is 0 Å². The Hall–Kier alpha value is -1.76. The topological polar surface area (TPSA) is 59.0 Å². The molecule has 0 bridgehead atoms. The number of hydrogen-bond donors (Lipinski definition) is 1. The summed E-state index contributed by atoms with van der Waals surface area (Å²) in [6, 6.07) is 7.35. The van der Waals surface area contributed by atoms with Gasteiger partial charge in [0.15, 0.2) is 5.75 Å². The third-order valence-corrected chi connectivity index (χ3v) is 5.35. The number of morpholine rings is 1. The van der Waals surface area contributed by atoms with Crippen molar-refractivity contribution in [2.45, 2.75) is 0 Å². The highest BCUT2D eigenvalue weighted by atomic mass is 35.5. The van der Waals surface area contributed by atoms with E-state index in [9.17, 15) is 9.90 Å². The standard InChI is InChI=1S/C16H16ClNO4S/c1-21-11-4-2-3-10(9-11)14-12(17)13(19)15(23-14)16(20)18-5-7-22-8-6-18/h2-4,9,19H,5-8H2,1H3. The molecule has 2 aromatic rings. The van der Waals surface area contributed by atoms with Crippen LogP contribution in [0.25, 0.3) is 10.4 Å². The smallest absolute Gasteiger partial charge is 0.267 e. The van der Waals surface area contributed by atoms with Gasteiger partial charge in [0, 0.05) is 13.1 Å². The lowest BCUT2D eigenvalue weighted by Gasteiger charge is -2.26. The van der Waals surface area contributed by atoms with Crippen LogP contribution in [0.2, 0.25) is 5.02 Å². The second-order valence-corrected chi connectivity index (χ2v) is 6.46. The van der Waals surface area contributed by atoms with E-state index in [1.165, 1.54) is 11.3 Å². The van der Waals surface area contributed by atoms with Gasteiger partial charge in [0.2, 0.25) is 0 Å². The molecule has 1 aromatic carbocycles. The summed E-state index contributed by atoms with van der Waals surface area (Å²) in [6.07, 6.45) is 0. The van der Waals surface area contributed by atoms with E-state index in [0.717, 1.165) is 5.56 Å². The lowest BCUT2D eigenvalue weighted by Crippen LogP contribution is -2.40. The first-order valence-electron chi connectivity index (χ1n) is 7.14. The molecule has 1 aliphatic heterocycles. The van der Waals surface area contributed by atoms with E-state index < -0.39 is 0 Å². The monoisotopic (exact) mass is 353 g/mol. The summed E-state index contributed by atoms with van der Waals surface area (Å²) in [6.45, 7) is 2.05. The van der Waals surface area contributed by atoms with Crippen LogP contribution in [0.5, 0.6) is 11.5 Å². The van der Waals surface area contributed by atoms with Crippen LogP contribution in [-0.2, 0) is 4.74 Å². The van der Waals surface area contributed by atoms with E-state index in [0.29, 0.717) is 36.9 Å². The predicted molar refractivity (Wildman–Crippen MR) is 89.7 cm³/mol. The van der Waals surface area contributed by atoms with Crippen molar-refractivity contribution in [3.8, 4) is 21.9 Å². The number of hydrogen-bond acceptors (Lipinski definition) is 5. The maximum absolute atomic E-state index is 12.6. The zero-order valence-electron chi connectivity index (χ0n) is 12.5. The minimum atomic E-state index is -0.216. The zero-order valence-corrected chi connectivity index (χ0v) is 14.1. The van der Waals surface area contributed by atoms with Gasteiger partial charge in [-0.3, -0.25) is 4.79 Å². The Kier molecular flexibility index (Phi) is 4.75. The summed E-state index contributed by atoms with van der Waals surface area (Å²) in [5.74, 6) is 0.310. The van der Waals surface area contributed by atoms with Crippen molar-refractivity contribution in [3.63, 3.8) is 0 Å². The van der Waals surface area contributed by atoms with Gasteiger partial charge in [-0.05, 0) is 17.7 Å². The van der Waals surface area contributed by atoms with Gasteiger partial charge in [0.1, 0.15) is 15.6 Å². The quantitative estimate of drug-likeness (QED) is 0.920. The molecular formula is C16H16ClNO4S. The summed E-state index contributed by atoms with van der Waals surface area (Å²) in [5.41, 5.74) is 0.802. The highest BCUT2D eigenvalue weighted by molar-refractivity contribution is 7.18. The molecule has 3 rings (SSSR count). The number of carbonyl (C=O) groups excluding carboxylic acids is 1. The minimum absolute atomic E-state index is 0.161. The van der Waals surface area contributed by atoms with Crippen molar-refractivity contribution in [2.75, 3.05) is 33.4 Å². The first-order valence-corrected chi connectivity index (χ1v) is 8.34. The predicted octanol–water partition coefficient (Wildman–Crippen LogP) is 3.26. The third kappa shape index (κ3) is 3.15. The molecule has 23 heavy (non-hydrogen) atoms. The Morgan fingerprint density at radius 1 is 1.39 bits per heavy atom. The summed E-state index contributed by atoms with van der Waals surface area (Å²) in [5, 5.41) is 10.5. The van der Waals surface area contributed by atoms with Crippen LogP contribution < -0.4 is 4.74 Å². The Labute approximate surface area is 143 Å². The molecule has 0 unspecified atom stereocenters. The molecule has 0 aliphatic carbocycles. The average Bonchev–Trinajstić information content (AvgIpc) is 2.90. The normalized spacial score (nSPS) is 14.8.